The van der Waals surface area contributed by atoms with Gasteiger partial charge in [0, 0.05) is 19.6 Å². The molecule has 5 atom stereocenters. The zero-order valence-corrected chi connectivity index (χ0v) is 24.1. The van der Waals surface area contributed by atoms with Crippen molar-refractivity contribution in [3.8, 4) is 11.5 Å². The van der Waals surface area contributed by atoms with Gasteiger partial charge in [-0.1, -0.05) is 30.3 Å². The SMILES string of the molecule is Nc1ncnc2c1ncn2[C@@H]1O[C@H](CN(CCCNCc2cccc(Oc3ccccc3)c2)CC[C@H](N)C(=O)O)[C@@H](O)[C@H]1O. The molecule has 4 aromatic rings. The fraction of sp³-hybridized carbons (Fsp3) is 0.400. The number of fused-ring (bicyclic) bond motifs is 1. The van der Waals surface area contributed by atoms with Gasteiger partial charge in [-0.15, -0.1) is 0 Å². The smallest absolute Gasteiger partial charge is 0.320 e. The lowest BCUT2D eigenvalue weighted by Gasteiger charge is -2.27. The Morgan fingerprint density at radius 1 is 1.07 bits per heavy atom. The van der Waals surface area contributed by atoms with E-state index in [0.29, 0.717) is 37.3 Å². The molecule has 1 aliphatic heterocycles. The van der Waals surface area contributed by atoms with E-state index in [2.05, 4.69) is 20.3 Å². The number of ether oxygens (including phenoxy) is 2. The molecular formula is C30H38N8O6. The van der Waals surface area contributed by atoms with Gasteiger partial charge < -0.3 is 46.5 Å². The molecule has 0 aliphatic carbocycles. The van der Waals surface area contributed by atoms with Gasteiger partial charge in [0.1, 0.15) is 47.7 Å². The van der Waals surface area contributed by atoms with Crippen molar-refractivity contribution >= 4 is 23.0 Å². The summed E-state index contributed by atoms with van der Waals surface area (Å²) >= 11 is 0. The summed E-state index contributed by atoms with van der Waals surface area (Å²) in [6, 6.07) is 16.5. The van der Waals surface area contributed by atoms with Gasteiger partial charge in [0.25, 0.3) is 0 Å². The van der Waals surface area contributed by atoms with Crippen molar-refractivity contribution in [3.05, 3.63) is 72.8 Å². The van der Waals surface area contributed by atoms with E-state index in [1.807, 2.05) is 59.5 Å². The minimum absolute atomic E-state index is 0.195. The molecule has 1 saturated heterocycles. The first-order chi connectivity index (χ1) is 21.3. The number of aliphatic carboxylic acids is 1. The Balaban J connectivity index is 1.16. The number of aliphatic hydroxyl groups is 2. The second kappa shape index (κ2) is 14.5. The number of carboxylic acids is 1. The molecule has 8 N–H and O–H groups in total. The van der Waals surface area contributed by atoms with Crippen LogP contribution in [0.15, 0.2) is 67.3 Å². The van der Waals surface area contributed by atoms with E-state index in [9.17, 15) is 20.1 Å². The minimum Gasteiger partial charge on any atom is -0.480 e. The number of rotatable bonds is 15. The van der Waals surface area contributed by atoms with Gasteiger partial charge in [0.05, 0.1) is 6.33 Å². The van der Waals surface area contributed by atoms with Crippen molar-refractivity contribution in [3.63, 3.8) is 0 Å². The molecule has 234 valence electrons. The Hall–Kier alpha value is -4.18. The van der Waals surface area contributed by atoms with Crippen LogP contribution in [-0.2, 0) is 16.1 Å². The summed E-state index contributed by atoms with van der Waals surface area (Å²) in [5.41, 5.74) is 13.5. The molecule has 1 aliphatic rings. The van der Waals surface area contributed by atoms with E-state index in [0.717, 1.165) is 23.5 Å². The Kier molecular flexibility index (Phi) is 10.3. The number of carbonyl (C=O) groups is 1. The number of hydrogen-bond donors (Lipinski definition) is 6. The summed E-state index contributed by atoms with van der Waals surface area (Å²) in [4.78, 5) is 25.7. The molecule has 14 heteroatoms. The van der Waals surface area contributed by atoms with Crippen LogP contribution in [0, 0.1) is 0 Å². The molecular weight excluding hydrogens is 568 g/mol. The number of aromatic nitrogens is 4. The Morgan fingerprint density at radius 3 is 2.66 bits per heavy atom. The molecule has 2 aromatic heterocycles. The highest BCUT2D eigenvalue weighted by Gasteiger charge is 2.44. The number of imidazole rings is 1. The summed E-state index contributed by atoms with van der Waals surface area (Å²) < 4.78 is 13.6. The van der Waals surface area contributed by atoms with Gasteiger partial charge in [-0.25, -0.2) is 15.0 Å². The number of benzene rings is 2. The maximum Gasteiger partial charge on any atom is 0.320 e. The molecule has 0 unspecified atom stereocenters. The molecule has 0 amide bonds. The number of nitrogens with zero attached hydrogens (tertiary/aromatic N) is 5. The van der Waals surface area contributed by atoms with Crippen LogP contribution in [0.3, 0.4) is 0 Å². The third-order valence-corrected chi connectivity index (χ3v) is 7.54. The Bertz CT molecular complexity index is 1520. The number of para-hydroxylation sites is 1. The number of nitrogen functional groups attached to an aromatic ring is 1. The van der Waals surface area contributed by atoms with E-state index >= 15 is 0 Å². The largest absolute Gasteiger partial charge is 0.480 e. The van der Waals surface area contributed by atoms with Gasteiger partial charge in [-0.05, 0) is 55.8 Å². The number of carboxylic acid groups (broad SMARTS) is 1. The molecule has 0 spiro atoms. The molecule has 44 heavy (non-hydrogen) atoms. The van der Waals surface area contributed by atoms with E-state index in [-0.39, 0.29) is 18.8 Å². The monoisotopic (exact) mass is 606 g/mol. The van der Waals surface area contributed by atoms with Crippen LogP contribution in [0.1, 0.15) is 24.6 Å². The number of hydrogen-bond acceptors (Lipinski definition) is 12. The van der Waals surface area contributed by atoms with Crippen molar-refractivity contribution in [2.45, 2.75) is 50.0 Å². The zero-order valence-electron chi connectivity index (χ0n) is 24.1. The Morgan fingerprint density at radius 2 is 1.86 bits per heavy atom. The normalized spacial score (nSPS) is 20.7. The maximum absolute atomic E-state index is 11.3. The topological polar surface area (TPSA) is 207 Å². The van der Waals surface area contributed by atoms with Crippen LogP contribution in [0.4, 0.5) is 5.82 Å². The fourth-order valence-electron chi connectivity index (χ4n) is 5.16. The van der Waals surface area contributed by atoms with E-state index in [1.165, 1.54) is 17.2 Å². The number of nitrogens with two attached hydrogens (primary N) is 2. The predicted molar refractivity (Wildman–Crippen MR) is 162 cm³/mol. The highest BCUT2D eigenvalue weighted by molar-refractivity contribution is 5.81. The summed E-state index contributed by atoms with van der Waals surface area (Å²) in [5.74, 6) is 0.645. The highest BCUT2D eigenvalue weighted by Crippen LogP contribution is 2.32. The van der Waals surface area contributed by atoms with Crippen molar-refractivity contribution in [1.82, 2.24) is 29.7 Å². The standard InChI is InChI=1S/C30H38N8O6/c31-22(30(41)42)10-13-37(12-5-11-33-15-19-6-4-9-21(14-19)43-20-7-2-1-3-8-20)16-23-25(39)26(40)29(44-23)38-18-36-24-27(32)34-17-35-28(24)38/h1-4,6-9,14,17-18,22-23,25-26,29,33,39-40H,5,10-13,15-16,31H2,(H,41,42)(H2,32,34,35)/t22-,23+,25+,26+,29+/m0/s1. The third kappa shape index (κ3) is 7.66. The summed E-state index contributed by atoms with van der Waals surface area (Å²) in [7, 11) is 0. The van der Waals surface area contributed by atoms with Gasteiger partial charge >= 0.3 is 5.97 Å². The first kappa shape index (κ1) is 31.3. The fourth-order valence-corrected chi connectivity index (χ4v) is 5.16. The maximum atomic E-state index is 11.3. The molecule has 0 radical (unpaired) electrons. The van der Waals surface area contributed by atoms with Gasteiger partial charge in [-0.3, -0.25) is 9.36 Å². The van der Waals surface area contributed by atoms with Crippen LogP contribution in [-0.4, -0.2) is 96.2 Å². The van der Waals surface area contributed by atoms with Crippen LogP contribution in [0.5, 0.6) is 11.5 Å². The molecule has 1 fully saturated rings. The van der Waals surface area contributed by atoms with Gasteiger partial charge in [-0.2, -0.15) is 0 Å². The lowest BCUT2D eigenvalue weighted by atomic mass is 10.1. The molecule has 5 rings (SSSR count). The van der Waals surface area contributed by atoms with Crippen molar-refractivity contribution in [2.75, 3.05) is 31.9 Å². The number of nitrogens with one attached hydrogen (secondary N) is 1. The molecule has 2 aromatic carbocycles. The summed E-state index contributed by atoms with van der Waals surface area (Å²) in [6.45, 7) is 2.54. The number of aliphatic hydroxyl groups excluding tert-OH is 2. The molecule has 14 nitrogen and oxygen atoms in total. The Labute approximate surface area is 254 Å². The van der Waals surface area contributed by atoms with Crippen LogP contribution in [0.2, 0.25) is 0 Å². The van der Waals surface area contributed by atoms with Crippen LogP contribution < -0.4 is 21.5 Å². The van der Waals surface area contributed by atoms with Gasteiger partial charge in [0.15, 0.2) is 17.7 Å². The van der Waals surface area contributed by atoms with E-state index in [4.69, 9.17) is 20.9 Å². The van der Waals surface area contributed by atoms with E-state index in [1.54, 1.807) is 0 Å². The number of anilines is 1. The first-order valence-corrected chi connectivity index (χ1v) is 14.5. The average molecular weight is 607 g/mol. The predicted octanol–water partition coefficient (Wildman–Crippen LogP) is 1.10. The summed E-state index contributed by atoms with van der Waals surface area (Å²) in [6.07, 6.45) is -0.461. The minimum atomic E-state index is -1.25. The van der Waals surface area contributed by atoms with Crippen molar-refractivity contribution in [2.24, 2.45) is 5.73 Å². The van der Waals surface area contributed by atoms with Gasteiger partial charge in [0.2, 0.25) is 0 Å². The highest BCUT2D eigenvalue weighted by atomic mass is 16.6. The zero-order chi connectivity index (χ0) is 31.1. The molecule has 0 bridgehead atoms. The lowest BCUT2D eigenvalue weighted by Crippen LogP contribution is -2.43. The summed E-state index contributed by atoms with van der Waals surface area (Å²) in [5, 5.41) is 34.4. The second-order valence-electron chi connectivity index (χ2n) is 10.8. The average Bonchev–Trinajstić information content (AvgIpc) is 3.57. The molecule has 0 saturated carbocycles. The van der Waals surface area contributed by atoms with Crippen molar-refractivity contribution in [1.29, 1.82) is 0 Å². The van der Waals surface area contributed by atoms with E-state index < -0.39 is 36.6 Å². The van der Waals surface area contributed by atoms with Crippen LogP contribution >= 0.6 is 0 Å². The first-order valence-electron chi connectivity index (χ1n) is 14.5. The second-order valence-corrected chi connectivity index (χ2v) is 10.8. The van der Waals surface area contributed by atoms with Crippen molar-refractivity contribution < 1.29 is 29.6 Å². The van der Waals surface area contributed by atoms with Crippen LogP contribution in [0.25, 0.3) is 11.2 Å². The quantitative estimate of drug-likeness (QED) is 0.105. The third-order valence-electron chi connectivity index (χ3n) is 7.54. The molecule has 3 heterocycles. The lowest BCUT2D eigenvalue weighted by molar-refractivity contribution is -0.138.